The van der Waals surface area contributed by atoms with E-state index in [9.17, 15) is 15.0 Å². The van der Waals surface area contributed by atoms with E-state index in [1.165, 1.54) is 25.7 Å². The SMILES string of the molecule is CC[C@@H]1C2C[C@H](O)CC[C@]2(C)[C@H]2CC[C@]3(C)[C@@H]([C@H](C)CCOC(=O)NC4CC4)CC[C@H]3C2[C@@H]1O. The van der Waals surface area contributed by atoms with E-state index in [-0.39, 0.29) is 29.1 Å². The lowest BCUT2D eigenvalue weighted by Gasteiger charge is -2.64. The van der Waals surface area contributed by atoms with Crippen LogP contribution in [0.3, 0.4) is 0 Å². The maximum atomic E-state index is 11.9. The number of hydrogen-bond donors (Lipinski definition) is 3. The van der Waals surface area contributed by atoms with E-state index < -0.39 is 0 Å². The van der Waals surface area contributed by atoms with Crippen LogP contribution >= 0.6 is 0 Å². The number of aliphatic hydroxyl groups excluding tert-OH is 2. The minimum atomic E-state index is -0.248. The van der Waals surface area contributed by atoms with Crippen LogP contribution in [0.1, 0.15) is 98.3 Å². The number of alkyl carbamates (subject to hydrolysis) is 1. The number of amides is 1. The van der Waals surface area contributed by atoms with E-state index in [2.05, 4.69) is 33.0 Å². The predicted molar refractivity (Wildman–Crippen MR) is 133 cm³/mol. The molecule has 0 aromatic carbocycles. The Hall–Kier alpha value is -0.810. The van der Waals surface area contributed by atoms with E-state index in [0.717, 1.165) is 44.9 Å². The highest BCUT2D eigenvalue weighted by Gasteiger charge is 2.64. The minimum absolute atomic E-state index is 0.185. The first-order valence-electron chi connectivity index (χ1n) is 14.5. The van der Waals surface area contributed by atoms with Gasteiger partial charge in [-0.25, -0.2) is 4.79 Å². The Morgan fingerprint density at radius 3 is 2.41 bits per heavy atom. The highest BCUT2D eigenvalue weighted by atomic mass is 16.5. The van der Waals surface area contributed by atoms with Crippen molar-refractivity contribution in [2.24, 2.45) is 52.3 Å². The Balaban J connectivity index is 1.29. The van der Waals surface area contributed by atoms with E-state index >= 15 is 0 Å². The Kier molecular flexibility index (Phi) is 6.76. The summed E-state index contributed by atoms with van der Waals surface area (Å²) in [6, 6.07) is 0.345. The van der Waals surface area contributed by atoms with Crippen LogP contribution in [-0.4, -0.2) is 41.2 Å². The molecule has 0 aliphatic heterocycles. The lowest BCUT2D eigenvalue weighted by molar-refractivity contribution is -0.203. The molecule has 0 aromatic rings. The molecule has 5 saturated carbocycles. The molecule has 0 aromatic heterocycles. The normalized spacial score (nSPS) is 48.9. The second-order valence-electron chi connectivity index (χ2n) is 13.4. The molecule has 5 aliphatic carbocycles. The predicted octanol–water partition coefficient (Wildman–Crippen LogP) is 5.53. The zero-order valence-electron chi connectivity index (χ0n) is 22.0. The maximum absolute atomic E-state index is 11.9. The van der Waals surface area contributed by atoms with Crippen LogP contribution in [0, 0.1) is 52.3 Å². The molecule has 5 rings (SSSR count). The molecule has 5 heteroatoms. The number of carbonyl (C=O) groups excluding carboxylic acids is 1. The van der Waals surface area contributed by atoms with Crippen molar-refractivity contribution in [3.05, 3.63) is 0 Å². The fourth-order valence-corrected chi connectivity index (χ4v) is 9.91. The molecule has 3 N–H and O–H groups in total. The molecule has 0 heterocycles. The molecule has 0 saturated heterocycles. The van der Waals surface area contributed by atoms with Gasteiger partial charge in [-0.15, -0.1) is 0 Å². The van der Waals surface area contributed by atoms with Gasteiger partial charge in [0.25, 0.3) is 0 Å². The van der Waals surface area contributed by atoms with Crippen LogP contribution in [0.5, 0.6) is 0 Å². The number of hydrogen-bond acceptors (Lipinski definition) is 4. The van der Waals surface area contributed by atoms with Crippen molar-refractivity contribution in [1.82, 2.24) is 5.32 Å². The first-order valence-corrected chi connectivity index (χ1v) is 14.5. The van der Waals surface area contributed by atoms with Gasteiger partial charge in [-0.3, -0.25) is 0 Å². The number of fused-ring (bicyclic) bond motifs is 5. The standard InChI is InChI=1S/C29H49NO4/c1-5-20-24-16-19(31)10-13-29(24,4)23-11-14-28(3)21(8-9-22(28)25(23)26(20)32)17(2)12-15-34-27(33)30-18-6-7-18/h17-26,31-32H,5-16H2,1-4H3,(H,30,33)/t17-,19-,20-,21-,22+,23+,24?,25?,26-,28-,29-/m1/s1. The number of rotatable bonds is 6. The molecule has 11 atom stereocenters. The average molecular weight is 476 g/mol. The van der Waals surface area contributed by atoms with E-state index in [4.69, 9.17) is 4.74 Å². The van der Waals surface area contributed by atoms with Crippen LogP contribution in [0.15, 0.2) is 0 Å². The third-order valence-electron chi connectivity index (χ3n) is 11.9. The van der Waals surface area contributed by atoms with Gasteiger partial charge in [-0.1, -0.05) is 34.1 Å². The average Bonchev–Trinajstić information content (AvgIpc) is 3.53. The third kappa shape index (κ3) is 4.11. The number of nitrogens with one attached hydrogen (secondary N) is 1. The van der Waals surface area contributed by atoms with Gasteiger partial charge in [0.2, 0.25) is 0 Å². The first kappa shape index (κ1) is 24.9. The molecular formula is C29H49NO4. The van der Waals surface area contributed by atoms with Crippen molar-refractivity contribution in [1.29, 1.82) is 0 Å². The third-order valence-corrected chi connectivity index (χ3v) is 11.9. The Morgan fingerprint density at radius 2 is 1.71 bits per heavy atom. The topological polar surface area (TPSA) is 78.8 Å². The van der Waals surface area contributed by atoms with Crippen molar-refractivity contribution < 1.29 is 19.7 Å². The van der Waals surface area contributed by atoms with E-state index in [1.54, 1.807) is 0 Å². The first-order chi connectivity index (χ1) is 16.2. The summed E-state index contributed by atoms with van der Waals surface area (Å²) in [5.41, 5.74) is 0.533. The molecular weight excluding hydrogens is 426 g/mol. The zero-order valence-corrected chi connectivity index (χ0v) is 22.0. The summed E-state index contributed by atoms with van der Waals surface area (Å²) in [6.45, 7) is 10.1. The molecule has 2 unspecified atom stereocenters. The minimum Gasteiger partial charge on any atom is -0.450 e. The molecule has 5 nitrogen and oxygen atoms in total. The Labute approximate surface area is 206 Å². The lowest BCUT2D eigenvalue weighted by atomic mass is 9.41. The monoisotopic (exact) mass is 475 g/mol. The zero-order chi connectivity index (χ0) is 24.3. The van der Waals surface area contributed by atoms with Gasteiger partial charge in [0, 0.05) is 6.04 Å². The molecule has 1 amide bonds. The van der Waals surface area contributed by atoms with Crippen LogP contribution in [-0.2, 0) is 4.74 Å². The molecule has 0 spiro atoms. The van der Waals surface area contributed by atoms with Gasteiger partial charge >= 0.3 is 6.09 Å². The largest absolute Gasteiger partial charge is 0.450 e. The Bertz CT molecular complexity index is 754. The van der Waals surface area contributed by atoms with Crippen molar-refractivity contribution in [2.45, 2.75) is 117 Å². The van der Waals surface area contributed by atoms with Crippen LogP contribution in [0.4, 0.5) is 4.79 Å². The van der Waals surface area contributed by atoms with Gasteiger partial charge in [0.05, 0.1) is 18.8 Å². The smallest absolute Gasteiger partial charge is 0.407 e. The molecule has 5 fully saturated rings. The quantitative estimate of drug-likeness (QED) is 0.472. The number of carbonyl (C=O) groups is 1. The molecule has 34 heavy (non-hydrogen) atoms. The van der Waals surface area contributed by atoms with Gasteiger partial charge in [-0.2, -0.15) is 0 Å². The van der Waals surface area contributed by atoms with Gasteiger partial charge in [-0.05, 0) is 116 Å². The van der Waals surface area contributed by atoms with Crippen molar-refractivity contribution in [3.8, 4) is 0 Å². The molecule has 5 aliphatic rings. The number of ether oxygens (including phenoxy) is 1. The Morgan fingerprint density at radius 1 is 1.00 bits per heavy atom. The molecule has 194 valence electrons. The van der Waals surface area contributed by atoms with Crippen molar-refractivity contribution >= 4 is 6.09 Å². The fraction of sp³-hybridized carbons (Fsp3) is 0.966. The van der Waals surface area contributed by atoms with Crippen LogP contribution in [0.25, 0.3) is 0 Å². The summed E-state index contributed by atoms with van der Waals surface area (Å²) in [7, 11) is 0. The second kappa shape index (κ2) is 9.25. The summed E-state index contributed by atoms with van der Waals surface area (Å²) in [4.78, 5) is 11.9. The van der Waals surface area contributed by atoms with Crippen molar-refractivity contribution in [3.63, 3.8) is 0 Å². The highest BCUT2D eigenvalue weighted by Crippen LogP contribution is 2.69. The van der Waals surface area contributed by atoms with Crippen LogP contribution < -0.4 is 5.32 Å². The van der Waals surface area contributed by atoms with Crippen molar-refractivity contribution in [2.75, 3.05) is 6.61 Å². The van der Waals surface area contributed by atoms with E-state index in [0.29, 0.717) is 54.1 Å². The van der Waals surface area contributed by atoms with Crippen LogP contribution in [0.2, 0.25) is 0 Å². The maximum Gasteiger partial charge on any atom is 0.407 e. The molecule has 0 radical (unpaired) electrons. The van der Waals surface area contributed by atoms with Gasteiger partial charge < -0.3 is 20.3 Å². The second-order valence-corrected chi connectivity index (χ2v) is 13.4. The highest BCUT2D eigenvalue weighted by molar-refractivity contribution is 5.67. The number of aliphatic hydroxyl groups is 2. The van der Waals surface area contributed by atoms with Gasteiger partial charge in [0.1, 0.15) is 0 Å². The molecule has 0 bridgehead atoms. The lowest BCUT2D eigenvalue weighted by Crippen LogP contribution is -2.62. The summed E-state index contributed by atoms with van der Waals surface area (Å²) < 4.78 is 5.49. The van der Waals surface area contributed by atoms with E-state index in [1.807, 2.05) is 0 Å². The fourth-order valence-electron chi connectivity index (χ4n) is 9.91. The van der Waals surface area contributed by atoms with Gasteiger partial charge in [0.15, 0.2) is 0 Å². The summed E-state index contributed by atoms with van der Waals surface area (Å²) in [6.07, 6.45) is 11.3. The summed E-state index contributed by atoms with van der Waals surface area (Å²) >= 11 is 0. The summed E-state index contributed by atoms with van der Waals surface area (Å²) in [5.74, 6) is 3.51. The summed E-state index contributed by atoms with van der Waals surface area (Å²) in [5, 5.41) is 25.2.